The summed E-state index contributed by atoms with van der Waals surface area (Å²) < 4.78 is 4.61. The monoisotopic (exact) mass is 290 g/mol. The van der Waals surface area contributed by atoms with Crippen molar-refractivity contribution in [2.45, 2.75) is 39.0 Å². The summed E-state index contributed by atoms with van der Waals surface area (Å²) in [7, 11) is 1.34. The molecule has 0 bridgehead atoms. The van der Waals surface area contributed by atoms with Gasteiger partial charge in [-0.2, -0.15) is 5.10 Å². The minimum atomic E-state index is -0.376. The quantitative estimate of drug-likeness (QED) is 0.346. The maximum atomic E-state index is 11.5. The number of hydrogen-bond acceptors (Lipinski definition) is 4. The number of benzene rings is 1. The number of methoxy groups -OCH3 is 1. The molecule has 0 saturated heterocycles. The fourth-order valence-electron chi connectivity index (χ4n) is 1.77. The van der Waals surface area contributed by atoms with Gasteiger partial charge in [0.25, 0.3) is 0 Å². The molecule has 114 valence electrons. The maximum absolute atomic E-state index is 11.5. The van der Waals surface area contributed by atoms with Gasteiger partial charge in [-0.1, -0.05) is 38.3 Å². The van der Waals surface area contributed by atoms with Crippen molar-refractivity contribution in [2.24, 2.45) is 5.10 Å². The van der Waals surface area contributed by atoms with Crippen LogP contribution in [0.3, 0.4) is 0 Å². The molecule has 0 aliphatic rings. The van der Waals surface area contributed by atoms with Gasteiger partial charge in [0.15, 0.2) is 0 Å². The first kappa shape index (κ1) is 16.9. The molecule has 5 nitrogen and oxygen atoms in total. The number of rotatable bonds is 8. The van der Waals surface area contributed by atoms with Gasteiger partial charge in [0, 0.05) is 6.42 Å². The van der Waals surface area contributed by atoms with Gasteiger partial charge in [0.1, 0.15) is 0 Å². The van der Waals surface area contributed by atoms with Crippen LogP contribution in [0.2, 0.25) is 0 Å². The average molecular weight is 290 g/mol. The van der Waals surface area contributed by atoms with Crippen molar-refractivity contribution >= 4 is 18.1 Å². The Morgan fingerprint density at radius 3 is 2.52 bits per heavy atom. The molecule has 1 N–H and O–H groups in total. The Bertz CT molecular complexity index is 481. The van der Waals surface area contributed by atoms with Crippen LogP contribution in [0.15, 0.2) is 29.4 Å². The van der Waals surface area contributed by atoms with Crippen molar-refractivity contribution in [1.82, 2.24) is 5.43 Å². The van der Waals surface area contributed by atoms with Crippen LogP contribution in [0.25, 0.3) is 0 Å². The minimum Gasteiger partial charge on any atom is -0.465 e. The van der Waals surface area contributed by atoms with Crippen LogP contribution in [0.4, 0.5) is 0 Å². The largest absolute Gasteiger partial charge is 0.465 e. The number of carbonyl (C=O) groups is 2. The van der Waals surface area contributed by atoms with Crippen LogP contribution >= 0.6 is 0 Å². The van der Waals surface area contributed by atoms with E-state index in [0.29, 0.717) is 12.0 Å². The molecule has 0 aromatic heterocycles. The highest BCUT2D eigenvalue weighted by molar-refractivity contribution is 5.90. The van der Waals surface area contributed by atoms with Gasteiger partial charge in [-0.3, -0.25) is 4.79 Å². The lowest BCUT2D eigenvalue weighted by atomic mass is 10.1. The van der Waals surface area contributed by atoms with Crippen molar-refractivity contribution in [3.8, 4) is 0 Å². The highest BCUT2D eigenvalue weighted by atomic mass is 16.5. The van der Waals surface area contributed by atoms with Crippen LogP contribution < -0.4 is 5.43 Å². The van der Waals surface area contributed by atoms with E-state index in [2.05, 4.69) is 22.2 Å². The molecular formula is C16H22N2O3. The minimum absolute atomic E-state index is 0.0754. The lowest BCUT2D eigenvalue weighted by molar-refractivity contribution is -0.121. The number of nitrogens with zero attached hydrogens (tertiary/aromatic N) is 1. The molecule has 1 aromatic rings. The number of nitrogens with one attached hydrogen (secondary N) is 1. The first-order chi connectivity index (χ1) is 10.2. The fourth-order valence-corrected chi connectivity index (χ4v) is 1.77. The summed E-state index contributed by atoms with van der Waals surface area (Å²) in [5.74, 6) is -0.451. The summed E-state index contributed by atoms with van der Waals surface area (Å²) in [5, 5.41) is 3.89. The molecule has 0 spiro atoms. The SMILES string of the molecule is CCCCCCC(=O)NN=Cc1ccc(C(=O)OC)cc1. The number of ether oxygens (including phenoxy) is 1. The van der Waals surface area contributed by atoms with Gasteiger partial charge < -0.3 is 4.74 Å². The van der Waals surface area contributed by atoms with Crippen molar-refractivity contribution in [3.05, 3.63) is 35.4 Å². The summed E-state index contributed by atoms with van der Waals surface area (Å²) >= 11 is 0. The lowest BCUT2D eigenvalue weighted by Crippen LogP contribution is -2.16. The molecule has 0 radical (unpaired) electrons. The van der Waals surface area contributed by atoms with E-state index in [1.165, 1.54) is 7.11 Å². The summed E-state index contributed by atoms with van der Waals surface area (Å²) in [6, 6.07) is 6.78. The van der Waals surface area contributed by atoms with Crippen LogP contribution in [0.5, 0.6) is 0 Å². The maximum Gasteiger partial charge on any atom is 0.337 e. The second kappa shape index (κ2) is 9.69. The van der Waals surface area contributed by atoms with Gasteiger partial charge in [0.2, 0.25) is 5.91 Å². The Labute approximate surface area is 125 Å². The number of esters is 1. The smallest absolute Gasteiger partial charge is 0.337 e. The number of amides is 1. The molecule has 0 unspecified atom stereocenters. The number of unbranched alkanes of at least 4 members (excludes halogenated alkanes) is 3. The van der Waals surface area contributed by atoms with E-state index < -0.39 is 0 Å². The number of hydrogen-bond donors (Lipinski definition) is 1. The predicted molar refractivity (Wildman–Crippen MR) is 82.3 cm³/mol. The third kappa shape index (κ3) is 6.70. The molecule has 5 heteroatoms. The second-order valence-corrected chi connectivity index (χ2v) is 4.72. The van der Waals surface area contributed by atoms with Gasteiger partial charge in [-0.05, 0) is 24.1 Å². The summed E-state index contributed by atoms with van der Waals surface area (Å²) in [4.78, 5) is 22.8. The Balaban J connectivity index is 2.36. The number of carbonyl (C=O) groups excluding carboxylic acids is 2. The molecule has 0 aliphatic carbocycles. The second-order valence-electron chi connectivity index (χ2n) is 4.72. The van der Waals surface area contributed by atoms with E-state index in [9.17, 15) is 9.59 Å². The highest BCUT2D eigenvalue weighted by Gasteiger charge is 2.03. The van der Waals surface area contributed by atoms with E-state index in [0.717, 1.165) is 31.2 Å². The van der Waals surface area contributed by atoms with Crippen LogP contribution in [0, 0.1) is 0 Å². The normalized spacial score (nSPS) is 10.6. The van der Waals surface area contributed by atoms with E-state index in [1.54, 1.807) is 30.5 Å². The van der Waals surface area contributed by atoms with E-state index in [4.69, 9.17) is 0 Å². The third-order valence-electron chi connectivity index (χ3n) is 2.99. The Morgan fingerprint density at radius 1 is 1.19 bits per heavy atom. The zero-order valence-corrected chi connectivity index (χ0v) is 12.6. The lowest BCUT2D eigenvalue weighted by Gasteiger charge is -2.00. The molecular weight excluding hydrogens is 268 g/mol. The highest BCUT2D eigenvalue weighted by Crippen LogP contribution is 2.04. The molecule has 0 atom stereocenters. The van der Waals surface area contributed by atoms with Gasteiger partial charge >= 0.3 is 5.97 Å². The first-order valence-electron chi connectivity index (χ1n) is 7.17. The van der Waals surface area contributed by atoms with Crippen molar-refractivity contribution in [1.29, 1.82) is 0 Å². The summed E-state index contributed by atoms with van der Waals surface area (Å²) in [5.41, 5.74) is 3.78. The Morgan fingerprint density at radius 2 is 1.90 bits per heavy atom. The van der Waals surface area contributed by atoms with Crippen molar-refractivity contribution in [2.75, 3.05) is 7.11 Å². The van der Waals surface area contributed by atoms with E-state index >= 15 is 0 Å². The van der Waals surface area contributed by atoms with E-state index in [1.807, 2.05) is 0 Å². The first-order valence-corrected chi connectivity index (χ1v) is 7.17. The molecule has 0 saturated carbocycles. The van der Waals surface area contributed by atoms with Gasteiger partial charge in [-0.15, -0.1) is 0 Å². The molecule has 0 fully saturated rings. The topological polar surface area (TPSA) is 67.8 Å². The van der Waals surface area contributed by atoms with Gasteiger partial charge in [0.05, 0.1) is 18.9 Å². The number of hydrazone groups is 1. The molecule has 1 amide bonds. The molecule has 1 aromatic carbocycles. The fraction of sp³-hybridized carbons (Fsp3) is 0.438. The Kier molecular flexibility index (Phi) is 7.79. The van der Waals surface area contributed by atoms with Crippen LogP contribution in [-0.2, 0) is 9.53 Å². The molecule has 1 rings (SSSR count). The molecule has 0 heterocycles. The average Bonchev–Trinajstić information content (AvgIpc) is 2.51. The zero-order chi connectivity index (χ0) is 15.5. The zero-order valence-electron chi connectivity index (χ0n) is 12.6. The van der Waals surface area contributed by atoms with Crippen LogP contribution in [-0.4, -0.2) is 25.2 Å². The van der Waals surface area contributed by atoms with E-state index in [-0.39, 0.29) is 11.9 Å². The standard InChI is InChI=1S/C16H22N2O3/c1-3-4-5-6-7-15(19)18-17-12-13-8-10-14(11-9-13)16(20)21-2/h8-12H,3-7H2,1-2H3,(H,18,19). The summed E-state index contributed by atoms with van der Waals surface area (Å²) in [6.07, 6.45) is 6.32. The Hall–Kier alpha value is -2.17. The third-order valence-corrected chi connectivity index (χ3v) is 2.99. The van der Waals surface area contributed by atoms with Gasteiger partial charge in [-0.25, -0.2) is 10.2 Å². The predicted octanol–water partition coefficient (Wildman–Crippen LogP) is 2.89. The van der Waals surface area contributed by atoms with Crippen LogP contribution in [0.1, 0.15) is 54.9 Å². The van der Waals surface area contributed by atoms with Crippen molar-refractivity contribution in [3.63, 3.8) is 0 Å². The molecule has 0 aliphatic heterocycles. The summed E-state index contributed by atoms with van der Waals surface area (Å²) in [6.45, 7) is 2.13. The molecule has 21 heavy (non-hydrogen) atoms. The van der Waals surface area contributed by atoms with Crippen molar-refractivity contribution < 1.29 is 14.3 Å².